The summed E-state index contributed by atoms with van der Waals surface area (Å²) in [6.45, 7) is 2.30. The second-order valence-corrected chi connectivity index (χ2v) is 6.73. The van der Waals surface area contributed by atoms with E-state index in [1.807, 2.05) is 6.26 Å². The molecule has 0 aliphatic heterocycles. The number of hydrogen-bond acceptors (Lipinski definition) is 4. The minimum absolute atomic E-state index is 0.131. The Morgan fingerprint density at radius 2 is 2.12 bits per heavy atom. The number of halogens is 1. The van der Waals surface area contributed by atoms with E-state index in [9.17, 15) is 8.42 Å². The van der Waals surface area contributed by atoms with Crippen LogP contribution in [0.3, 0.4) is 0 Å². The highest BCUT2D eigenvalue weighted by Crippen LogP contribution is 2.23. The van der Waals surface area contributed by atoms with E-state index < -0.39 is 9.05 Å². The summed E-state index contributed by atoms with van der Waals surface area (Å²) in [5, 5.41) is 0. The van der Waals surface area contributed by atoms with Crippen molar-refractivity contribution in [3.05, 3.63) is 23.8 Å². The van der Waals surface area contributed by atoms with Crippen molar-refractivity contribution in [3.63, 3.8) is 0 Å². The van der Waals surface area contributed by atoms with Gasteiger partial charge >= 0.3 is 0 Å². The normalized spacial score (nSPS) is 11.4. The van der Waals surface area contributed by atoms with Crippen LogP contribution in [0.25, 0.3) is 0 Å². The third kappa shape index (κ3) is 3.88. The lowest BCUT2D eigenvalue weighted by Crippen LogP contribution is -2.01. The molecule has 0 saturated carbocycles. The number of ether oxygens (including phenoxy) is 1. The zero-order chi connectivity index (χ0) is 12.2. The van der Waals surface area contributed by atoms with Crippen molar-refractivity contribution >= 4 is 31.5 Å². The van der Waals surface area contributed by atoms with Gasteiger partial charge in [-0.1, -0.05) is 0 Å². The molecule has 0 unspecified atom stereocenters. The van der Waals surface area contributed by atoms with E-state index in [-0.39, 0.29) is 4.90 Å². The monoisotopic (exact) mass is 280 g/mol. The number of rotatable bonds is 5. The molecule has 1 aromatic rings. The van der Waals surface area contributed by atoms with Crippen LogP contribution in [0.4, 0.5) is 0 Å². The summed E-state index contributed by atoms with van der Waals surface area (Å²) in [6, 6.07) is 4.75. The summed E-state index contributed by atoms with van der Waals surface area (Å²) in [5.41, 5.74) is 0.594. The van der Waals surface area contributed by atoms with E-state index in [1.165, 1.54) is 6.07 Å². The maximum atomic E-state index is 11.1. The summed E-state index contributed by atoms with van der Waals surface area (Å²) < 4.78 is 27.7. The van der Waals surface area contributed by atoms with Crippen LogP contribution in [-0.2, 0) is 9.05 Å². The van der Waals surface area contributed by atoms with E-state index in [0.29, 0.717) is 17.9 Å². The molecule has 0 bridgehead atoms. The zero-order valence-electron chi connectivity index (χ0n) is 9.07. The lowest BCUT2D eigenvalue weighted by Gasteiger charge is -2.07. The van der Waals surface area contributed by atoms with Crippen LogP contribution in [-0.4, -0.2) is 27.0 Å². The molecule has 6 heteroatoms. The fourth-order valence-corrected chi connectivity index (χ4v) is 2.67. The van der Waals surface area contributed by atoms with Crippen molar-refractivity contribution in [2.45, 2.75) is 11.8 Å². The van der Waals surface area contributed by atoms with Crippen LogP contribution in [0, 0.1) is 6.92 Å². The molecule has 0 saturated heterocycles. The number of benzene rings is 1. The van der Waals surface area contributed by atoms with Crippen LogP contribution in [0.1, 0.15) is 5.56 Å². The molecule has 16 heavy (non-hydrogen) atoms. The van der Waals surface area contributed by atoms with Gasteiger partial charge in [0.2, 0.25) is 0 Å². The van der Waals surface area contributed by atoms with E-state index in [2.05, 4.69) is 0 Å². The second kappa shape index (κ2) is 5.80. The molecule has 0 aliphatic rings. The van der Waals surface area contributed by atoms with Gasteiger partial charge in [-0.05, 0) is 36.9 Å². The summed E-state index contributed by atoms with van der Waals surface area (Å²) in [7, 11) is 1.61. The molecule has 1 aromatic carbocycles. The lowest BCUT2D eigenvalue weighted by atomic mass is 10.2. The van der Waals surface area contributed by atoms with E-state index >= 15 is 0 Å². The van der Waals surface area contributed by atoms with Crippen LogP contribution in [0.15, 0.2) is 23.1 Å². The van der Waals surface area contributed by atoms with Crippen molar-refractivity contribution in [2.75, 3.05) is 18.6 Å². The van der Waals surface area contributed by atoms with Gasteiger partial charge in [-0.25, -0.2) is 8.42 Å². The molecule has 0 spiro atoms. The minimum Gasteiger partial charge on any atom is -0.493 e. The Morgan fingerprint density at radius 3 is 2.62 bits per heavy atom. The van der Waals surface area contributed by atoms with Crippen LogP contribution in [0.5, 0.6) is 5.75 Å². The second-order valence-electron chi connectivity index (χ2n) is 3.21. The SMILES string of the molecule is CSCCOc1ccc(S(=O)(=O)Cl)c(C)c1. The smallest absolute Gasteiger partial charge is 0.261 e. The third-order valence-electron chi connectivity index (χ3n) is 1.97. The molecule has 0 heterocycles. The maximum Gasteiger partial charge on any atom is 0.261 e. The maximum absolute atomic E-state index is 11.1. The van der Waals surface area contributed by atoms with Gasteiger partial charge < -0.3 is 4.74 Å². The summed E-state index contributed by atoms with van der Waals surface area (Å²) in [5.74, 6) is 1.56. The minimum atomic E-state index is -3.66. The molecule has 0 N–H and O–H groups in total. The summed E-state index contributed by atoms with van der Waals surface area (Å²) >= 11 is 1.69. The first-order chi connectivity index (χ1) is 7.45. The van der Waals surface area contributed by atoms with Crippen molar-refractivity contribution in [2.24, 2.45) is 0 Å². The first-order valence-electron chi connectivity index (χ1n) is 4.62. The first kappa shape index (κ1) is 13.7. The highest BCUT2D eigenvalue weighted by atomic mass is 35.7. The molecular weight excluding hydrogens is 268 g/mol. The van der Waals surface area contributed by atoms with Crippen LogP contribution in [0.2, 0.25) is 0 Å². The standard InChI is InChI=1S/C10H13ClO3S2/c1-8-7-9(14-5-6-15-2)3-4-10(8)16(11,12)13/h3-4,7H,5-6H2,1-2H3. The van der Waals surface area contributed by atoms with Crippen molar-refractivity contribution in [3.8, 4) is 5.75 Å². The number of aryl methyl sites for hydroxylation is 1. The Balaban J connectivity index is 2.83. The Kier molecular flexibility index (Phi) is 4.95. The lowest BCUT2D eigenvalue weighted by molar-refractivity contribution is 0.343. The van der Waals surface area contributed by atoms with Gasteiger partial charge in [0.25, 0.3) is 9.05 Å². The topological polar surface area (TPSA) is 43.4 Å². The van der Waals surface area contributed by atoms with E-state index in [0.717, 1.165) is 5.75 Å². The molecule has 1 rings (SSSR count). The number of hydrogen-bond donors (Lipinski definition) is 0. The third-order valence-corrected chi connectivity index (χ3v) is 4.02. The average molecular weight is 281 g/mol. The Labute approximate surface area is 105 Å². The van der Waals surface area contributed by atoms with Crippen molar-refractivity contribution < 1.29 is 13.2 Å². The zero-order valence-corrected chi connectivity index (χ0v) is 11.5. The van der Waals surface area contributed by atoms with Gasteiger partial charge in [0.1, 0.15) is 5.75 Å². The summed E-state index contributed by atoms with van der Waals surface area (Å²) in [6.07, 6.45) is 2.00. The molecular formula is C10H13ClO3S2. The van der Waals surface area contributed by atoms with E-state index in [1.54, 1.807) is 30.8 Å². The molecule has 0 amide bonds. The molecule has 0 aliphatic carbocycles. The Morgan fingerprint density at radius 1 is 1.44 bits per heavy atom. The fourth-order valence-electron chi connectivity index (χ4n) is 1.23. The molecule has 0 radical (unpaired) electrons. The predicted octanol–water partition coefficient (Wildman–Crippen LogP) is 2.66. The quantitative estimate of drug-likeness (QED) is 0.614. The average Bonchev–Trinajstić information content (AvgIpc) is 2.16. The van der Waals surface area contributed by atoms with Crippen molar-refractivity contribution in [1.29, 1.82) is 0 Å². The number of thioether (sulfide) groups is 1. The highest BCUT2D eigenvalue weighted by Gasteiger charge is 2.13. The van der Waals surface area contributed by atoms with Gasteiger partial charge in [-0.15, -0.1) is 0 Å². The fraction of sp³-hybridized carbons (Fsp3) is 0.400. The van der Waals surface area contributed by atoms with Gasteiger partial charge in [-0.2, -0.15) is 11.8 Å². The first-order valence-corrected chi connectivity index (χ1v) is 8.32. The molecule has 0 atom stereocenters. The van der Waals surface area contributed by atoms with Gasteiger partial charge in [-0.3, -0.25) is 0 Å². The molecule has 3 nitrogen and oxygen atoms in total. The van der Waals surface area contributed by atoms with Crippen molar-refractivity contribution in [1.82, 2.24) is 0 Å². The molecule has 0 aromatic heterocycles. The molecule has 0 fully saturated rings. The Hall–Kier alpha value is -0.390. The highest BCUT2D eigenvalue weighted by molar-refractivity contribution is 8.13. The van der Waals surface area contributed by atoms with Gasteiger partial charge in [0.15, 0.2) is 0 Å². The summed E-state index contributed by atoms with van der Waals surface area (Å²) in [4.78, 5) is 0.131. The van der Waals surface area contributed by atoms with Gasteiger partial charge in [0.05, 0.1) is 11.5 Å². The van der Waals surface area contributed by atoms with Crippen LogP contribution < -0.4 is 4.74 Å². The Bertz CT molecular complexity index is 457. The van der Waals surface area contributed by atoms with E-state index in [4.69, 9.17) is 15.4 Å². The van der Waals surface area contributed by atoms with Gasteiger partial charge in [0, 0.05) is 16.4 Å². The van der Waals surface area contributed by atoms with Crippen LogP contribution >= 0.6 is 22.4 Å². The molecule has 90 valence electrons. The predicted molar refractivity (Wildman–Crippen MR) is 68.1 cm³/mol. The largest absolute Gasteiger partial charge is 0.493 e.